The first-order chi connectivity index (χ1) is 53.5. The average molecular weight is 1460 g/mol. The Kier molecular flexibility index (Phi) is 17.7. The molecule has 2 aliphatic carbocycles. The fourth-order valence-corrected chi connectivity index (χ4v) is 16.6. The van der Waals surface area contributed by atoms with Gasteiger partial charge in [-0.1, -0.05) is 359 Å². The molecule has 1 N–H and O–H groups in total. The maximum Gasteiger partial charge on any atom is 0.235 e. The summed E-state index contributed by atoms with van der Waals surface area (Å²) in [6.07, 6.45) is 0. The van der Waals surface area contributed by atoms with Crippen LogP contribution in [0.4, 0.5) is 29.0 Å². The lowest BCUT2D eigenvalue weighted by atomic mass is 9.82. The Bertz CT molecular complexity index is 6450. The quantitative estimate of drug-likeness (QED) is 0.130. The van der Waals surface area contributed by atoms with Gasteiger partial charge in [-0.15, -0.1) is 0 Å². The van der Waals surface area contributed by atoms with E-state index < -0.39 is 0 Å². The molecular weight excluding hydrogens is 1390 g/mol. The number of halogens is 1. The molecule has 18 aromatic rings. The number of hydrogen-bond donors (Lipinski definition) is 1. The zero-order valence-electron chi connectivity index (χ0n) is 60.9. The van der Waals surface area contributed by atoms with Gasteiger partial charge in [0.15, 0.2) is 0 Å². The van der Waals surface area contributed by atoms with Crippen LogP contribution in [0, 0.1) is 0 Å². The summed E-state index contributed by atoms with van der Waals surface area (Å²) in [5.41, 5.74) is 28.6. The first-order valence-corrected chi connectivity index (χ1v) is 38.0. The minimum atomic E-state index is -0.178. The number of aromatic nitrogens is 4. The van der Waals surface area contributed by atoms with Gasteiger partial charge in [0.1, 0.15) is 0 Å². The molecule has 0 amide bonds. The Morgan fingerprint density at radius 2 is 0.688 bits per heavy atom. The van der Waals surface area contributed by atoms with Gasteiger partial charge >= 0.3 is 0 Å². The first-order valence-electron chi connectivity index (χ1n) is 37.2. The largest absolute Gasteiger partial charge is 0.324 e. The maximum atomic E-state index is 5.54. The molecule has 7 heteroatoms. The summed E-state index contributed by atoms with van der Waals surface area (Å²) in [6.45, 7) is 9.27. The average Bonchev–Trinajstić information content (AvgIpc) is 1.73. The van der Waals surface area contributed by atoms with Crippen LogP contribution >= 0.6 is 15.9 Å². The van der Waals surface area contributed by atoms with Crippen molar-refractivity contribution >= 4 is 88.2 Å². The van der Waals surface area contributed by atoms with E-state index in [9.17, 15) is 0 Å². The van der Waals surface area contributed by atoms with Crippen molar-refractivity contribution < 1.29 is 0 Å². The van der Waals surface area contributed by atoms with E-state index in [-0.39, 0.29) is 10.8 Å². The molecule has 0 aliphatic heterocycles. The zero-order valence-corrected chi connectivity index (χ0v) is 62.5. The van der Waals surface area contributed by atoms with Crippen molar-refractivity contribution in [2.75, 3.05) is 10.2 Å². The van der Waals surface area contributed by atoms with E-state index in [2.05, 4.69) is 412 Å². The van der Waals surface area contributed by atoms with Crippen LogP contribution in [0.15, 0.2) is 381 Å². The standard InChI is InChI=1S/C51H37N3.C33H25N3.C18H13Br/c1-51(2)45-25-15-14-24-41(45)42-30-28-39(33-46(42)51)54(47-31-27-38(34-16-6-3-7-17-34)32-44(47)35-18-8-4-9-19-35)50-52-48(37-21-10-5-11-22-37)43-29-26-36-20-12-13-23-40(36)49(43)53-50;1-33(2)28-15-9-8-14-25(28)26-19-17-23(20-29(26)33)34-32-35-30(22-11-4-3-5-12-22)27-18-16-21-10-6-7-13-24(21)31(27)36-32;19-18-12-11-16(14-7-3-1-4-8-14)13-17(18)15-9-5-2-6-10-15/h3-33H,1-2H3;3-20H,1-2H3,(H,34,35,36);1-13H. The summed E-state index contributed by atoms with van der Waals surface area (Å²) in [4.78, 5) is 23.4. The number of fused-ring (bicyclic) bond motifs is 12. The van der Waals surface area contributed by atoms with E-state index >= 15 is 0 Å². The second-order valence-electron chi connectivity index (χ2n) is 29.0. The molecule has 20 rings (SSSR count). The van der Waals surface area contributed by atoms with Crippen molar-refractivity contribution in [2.24, 2.45) is 0 Å². The molecule has 0 saturated carbocycles. The lowest BCUT2D eigenvalue weighted by molar-refractivity contribution is 0.660. The van der Waals surface area contributed by atoms with Gasteiger partial charge in [-0.05, 0) is 155 Å². The lowest BCUT2D eigenvalue weighted by Crippen LogP contribution is -2.18. The molecule has 0 unspecified atom stereocenters. The third-order valence-electron chi connectivity index (χ3n) is 21.7. The highest BCUT2D eigenvalue weighted by molar-refractivity contribution is 9.10. The zero-order chi connectivity index (χ0) is 73.6. The van der Waals surface area contributed by atoms with Crippen molar-refractivity contribution in [3.05, 3.63) is 403 Å². The van der Waals surface area contributed by atoms with Gasteiger partial charge < -0.3 is 5.32 Å². The van der Waals surface area contributed by atoms with Gasteiger partial charge in [-0.25, -0.2) is 19.9 Å². The molecule has 109 heavy (non-hydrogen) atoms. The van der Waals surface area contributed by atoms with Crippen molar-refractivity contribution in [3.8, 4) is 89.3 Å². The molecule has 2 aliphatic rings. The van der Waals surface area contributed by atoms with Crippen LogP contribution in [0.25, 0.3) is 133 Å². The minimum absolute atomic E-state index is 0.0563. The summed E-state index contributed by atoms with van der Waals surface area (Å²) >= 11 is 3.64. The fraction of sp³-hybridized carbons (Fsp3) is 0.0588. The Hall–Kier alpha value is -13.2. The van der Waals surface area contributed by atoms with Crippen molar-refractivity contribution in [3.63, 3.8) is 0 Å². The molecular formula is C102H75BrN6. The SMILES string of the molecule is Brc1ccc(-c2ccccc2)cc1-c1ccccc1.CC1(C)c2ccccc2-c2ccc(N(c3nc(-c4ccccc4)c4ccc5ccccc5c4n3)c3ccc(-c4ccccc4)cc3-c3ccccc3)cc21.CC1(C)c2ccccc2-c2ccc(Nc3nc(-c4ccccc4)c4ccc5ccccc5c4n3)cc21. The number of anilines is 5. The van der Waals surface area contributed by atoms with Crippen LogP contribution in [0.2, 0.25) is 0 Å². The predicted octanol–water partition coefficient (Wildman–Crippen LogP) is 27.8. The molecule has 0 fully saturated rings. The van der Waals surface area contributed by atoms with Crippen LogP contribution < -0.4 is 10.2 Å². The molecule has 520 valence electrons. The number of benzene rings is 16. The molecule has 0 saturated heterocycles. The topological polar surface area (TPSA) is 66.8 Å². The van der Waals surface area contributed by atoms with Gasteiger partial charge in [-0.3, -0.25) is 4.90 Å². The molecule has 0 atom stereocenters. The maximum absolute atomic E-state index is 5.54. The normalized spacial score (nSPS) is 12.6. The van der Waals surface area contributed by atoms with Crippen LogP contribution in [0.3, 0.4) is 0 Å². The highest BCUT2D eigenvalue weighted by atomic mass is 79.9. The number of nitrogens with zero attached hydrogens (tertiary/aromatic N) is 5. The smallest absolute Gasteiger partial charge is 0.235 e. The predicted molar refractivity (Wildman–Crippen MR) is 460 cm³/mol. The van der Waals surface area contributed by atoms with Crippen LogP contribution in [-0.4, -0.2) is 19.9 Å². The van der Waals surface area contributed by atoms with Crippen LogP contribution in [0.5, 0.6) is 0 Å². The Balaban J connectivity index is 0.000000130. The Morgan fingerprint density at radius 3 is 1.23 bits per heavy atom. The summed E-state index contributed by atoms with van der Waals surface area (Å²) in [7, 11) is 0. The highest BCUT2D eigenvalue weighted by Gasteiger charge is 2.38. The van der Waals surface area contributed by atoms with Crippen molar-refractivity contribution in [1.82, 2.24) is 19.9 Å². The Labute approximate surface area is 644 Å². The third-order valence-corrected chi connectivity index (χ3v) is 22.4. The van der Waals surface area contributed by atoms with Gasteiger partial charge in [0.25, 0.3) is 0 Å². The Morgan fingerprint density at radius 1 is 0.275 bits per heavy atom. The van der Waals surface area contributed by atoms with Gasteiger partial charge in [0.2, 0.25) is 11.9 Å². The van der Waals surface area contributed by atoms with E-state index in [1.54, 1.807) is 0 Å². The van der Waals surface area contributed by atoms with E-state index in [4.69, 9.17) is 19.9 Å². The third kappa shape index (κ3) is 12.8. The van der Waals surface area contributed by atoms with Crippen LogP contribution in [-0.2, 0) is 10.8 Å². The van der Waals surface area contributed by atoms with Crippen molar-refractivity contribution in [1.29, 1.82) is 0 Å². The first kappa shape index (κ1) is 67.7. The number of hydrogen-bond acceptors (Lipinski definition) is 6. The minimum Gasteiger partial charge on any atom is -0.324 e. The second kappa shape index (κ2) is 28.6. The molecule has 0 spiro atoms. The summed E-state index contributed by atoms with van der Waals surface area (Å²) < 4.78 is 1.12. The van der Waals surface area contributed by atoms with E-state index in [0.29, 0.717) is 11.9 Å². The van der Waals surface area contributed by atoms with E-state index in [1.807, 2.05) is 18.2 Å². The summed E-state index contributed by atoms with van der Waals surface area (Å²) in [5, 5.41) is 10.2. The summed E-state index contributed by atoms with van der Waals surface area (Å²) in [6, 6.07) is 133. The number of rotatable bonds is 11. The van der Waals surface area contributed by atoms with Gasteiger partial charge in [0.05, 0.1) is 28.1 Å². The monoisotopic (exact) mass is 1460 g/mol. The van der Waals surface area contributed by atoms with E-state index in [0.717, 1.165) is 98.7 Å². The van der Waals surface area contributed by atoms with Gasteiger partial charge in [0, 0.05) is 64.9 Å². The second-order valence-corrected chi connectivity index (χ2v) is 29.9. The molecule has 0 bridgehead atoms. The number of nitrogens with one attached hydrogen (secondary N) is 1. The highest BCUT2D eigenvalue weighted by Crippen LogP contribution is 2.53. The molecule has 6 nitrogen and oxygen atoms in total. The van der Waals surface area contributed by atoms with Crippen molar-refractivity contribution in [2.45, 2.75) is 38.5 Å². The fourth-order valence-electron chi connectivity index (χ4n) is 16.2. The van der Waals surface area contributed by atoms with E-state index in [1.165, 1.54) is 77.7 Å². The molecule has 16 aromatic carbocycles. The molecule has 0 radical (unpaired) electrons. The molecule has 2 heterocycles. The summed E-state index contributed by atoms with van der Waals surface area (Å²) in [5.74, 6) is 1.22. The van der Waals surface area contributed by atoms with Gasteiger partial charge in [-0.2, -0.15) is 0 Å². The lowest BCUT2D eigenvalue weighted by Gasteiger charge is -2.29. The van der Waals surface area contributed by atoms with Crippen LogP contribution in [0.1, 0.15) is 49.9 Å². The molecule has 2 aromatic heterocycles.